The summed E-state index contributed by atoms with van der Waals surface area (Å²) in [7, 11) is -1.76. The molecule has 0 saturated heterocycles. The van der Waals surface area contributed by atoms with Gasteiger partial charge in [-0.2, -0.15) is 0 Å². The molecule has 0 aliphatic rings. The first-order valence-electron chi connectivity index (χ1n) is 5.99. The maximum atomic E-state index is 12.6. The number of hydrogen-bond acceptors (Lipinski definition) is 4. The molecule has 0 heterocycles. The first kappa shape index (κ1) is 14.3. The van der Waals surface area contributed by atoms with E-state index in [1.165, 1.54) is 31.4 Å². The van der Waals surface area contributed by atoms with Gasteiger partial charge in [0.2, 0.25) is 0 Å². The standard InChI is InChI=1S/C15H15NO3S/c1-11-3-7-13(8-4-11)20(16,18)14-9-5-12(6-10-14)15(17)19-2/h3-10,16H,1-2H3. The van der Waals surface area contributed by atoms with Gasteiger partial charge in [-0.05, 0) is 43.3 Å². The van der Waals surface area contributed by atoms with Gasteiger partial charge in [0.1, 0.15) is 9.73 Å². The van der Waals surface area contributed by atoms with Gasteiger partial charge < -0.3 is 4.74 Å². The van der Waals surface area contributed by atoms with E-state index in [0.29, 0.717) is 15.4 Å². The van der Waals surface area contributed by atoms with Gasteiger partial charge in [0.15, 0.2) is 0 Å². The molecular formula is C15H15NO3S. The summed E-state index contributed by atoms with van der Waals surface area (Å²) in [4.78, 5) is 12.2. The van der Waals surface area contributed by atoms with Crippen molar-refractivity contribution in [2.45, 2.75) is 16.7 Å². The fourth-order valence-corrected chi connectivity index (χ4v) is 3.08. The minimum Gasteiger partial charge on any atom is -0.465 e. The summed E-state index contributed by atoms with van der Waals surface area (Å²) in [6, 6.07) is 13.1. The maximum absolute atomic E-state index is 12.6. The molecule has 1 unspecified atom stereocenters. The van der Waals surface area contributed by atoms with E-state index in [1.54, 1.807) is 12.1 Å². The van der Waals surface area contributed by atoms with Crippen molar-refractivity contribution in [3.8, 4) is 0 Å². The third-order valence-electron chi connectivity index (χ3n) is 2.96. The molecule has 20 heavy (non-hydrogen) atoms. The number of aryl methyl sites for hydroxylation is 1. The molecule has 104 valence electrons. The van der Waals surface area contributed by atoms with Crippen LogP contribution in [0, 0.1) is 11.7 Å². The molecule has 2 aromatic rings. The lowest BCUT2D eigenvalue weighted by Gasteiger charge is -2.09. The molecule has 0 bridgehead atoms. The van der Waals surface area contributed by atoms with Crippen LogP contribution in [0.25, 0.3) is 0 Å². The Balaban J connectivity index is 2.40. The van der Waals surface area contributed by atoms with Gasteiger partial charge in [0.05, 0.1) is 22.5 Å². The second-order valence-corrected chi connectivity index (χ2v) is 6.44. The summed E-state index contributed by atoms with van der Waals surface area (Å²) in [6.45, 7) is 1.93. The molecular weight excluding hydrogens is 274 g/mol. The molecule has 2 aromatic carbocycles. The summed E-state index contributed by atoms with van der Waals surface area (Å²) in [6.07, 6.45) is 0. The highest BCUT2D eigenvalue weighted by atomic mass is 32.2. The van der Waals surface area contributed by atoms with Crippen molar-refractivity contribution in [3.05, 3.63) is 59.7 Å². The summed E-state index contributed by atoms with van der Waals surface area (Å²) >= 11 is 0. The molecule has 0 amide bonds. The van der Waals surface area contributed by atoms with E-state index >= 15 is 0 Å². The number of esters is 1. The quantitative estimate of drug-likeness (QED) is 0.882. The highest BCUT2D eigenvalue weighted by Crippen LogP contribution is 2.22. The number of rotatable bonds is 3. The molecule has 0 fully saturated rings. The monoisotopic (exact) mass is 289 g/mol. The van der Waals surface area contributed by atoms with Gasteiger partial charge >= 0.3 is 5.97 Å². The Hall–Kier alpha value is -2.14. The summed E-state index contributed by atoms with van der Waals surface area (Å²) in [5, 5.41) is 0. The van der Waals surface area contributed by atoms with Crippen molar-refractivity contribution in [2.24, 2.45) is 0 Å². The average Bonchev–Trinajstić information content (AvgIpc) is 2.47. The third kappa shape index (κ3) is 2.72. The van der Waals surface area contributed by atoms with Crippen LogP contribution in [0.1, 0.15) is 15.9 Å². The predicted molar refractivity (Wildman–Crippen MR) is 76.4 cm³/mol. The third-order valence-corrected chi connectivity index (χ3v) is 4.83. The van der Waals surface area contributed by atoms with Crippen molar-refractivity contribution >= 4 is 15.7 Å². The zero-order chi connectivity index (χ0) is 14.8. The van der Waals surface area contributed by atoms with Crippen molar-refractivity contribution in [2.75, 3.05) is 7.11 Å². The first-order chi connectivity index (χ1) is 9.45. The summed E-state index contributed by atoms with van der Waals surface area (Å²) in [5.74, 6) is -0.455. The Morgan fingerprint density at radius 2 is 1.45 bits per heavy atom. The molecule has 0 aromatic heterocycles. The Morgan fingerprint density at radius 1 is 1.00 bits per heavy atom. The van der Waals surface area contributed by atoms with Crippen LogP contribution >= 0.6 is 0 Å². The SMILES string of the molecule is COC(=O)c1ccc(S(=N)(=O)c2ccc(C)cc2)cc1. The lowest BCUT2D eigenvalue weighted by molar-refractivity contribution is 0.0600. The van der Waals surface area contributed by atoms with Crippen molar-refractivity contribution < 1.29 is 13.7 Å². The van der Waals surface area contributed by atoms with Gasteiger partial charge in [-0.15, -0.1) is 0 Å². The van der Waals surface area contributed by atoms with Crippen molar-refractivity contribution in [1.82, 2.24) is 0 Å². The predicted octanol–water partition coefficient (Wildman–Crippen LogP) is 3.25. The molecule has 0 spiro atoms. The van der Waals surface area contributed by atoms with E-state index in [-0.39, 0.29) is 0 Å². The summed E-state index contributed by atoms with van der Waals surface area (Å²) in [5.41, 5.74) is 1.42. The lowest BCUT2D eigenvalue weighted by Crippen LogP contribution is -2.03. The number of ether oxygens (including phenoxy) is 1. The van der Waals surface area contributed by atoms with E-state index < -0.39 is 15.7 Å². The van der Waals surface area contributed by atoms with Crippen molar-refractivity contribution in [1.29, 1.82) is 4.78 Å². The molecule has 5 heteroatoms. The fraction of sp³-hybridized carbons (Fsp3) is 0.133. The molecule has 4 nitrogen and oxygen atoms in total. The largest absolute Gasteiger partial charge is 0.465 e. The molecule has 1 atom stereocenters. The summed E-state index contributed by atoms with van der Waals surface area (Å²) < 4.78 is 25.3. The number of benzene rings is 2. The second kappa shape index (κ2) is 5.46. The van der Waals surface area contributed by atoms with Crippen LogP contribution in [-0.2, 0) is 14.5 Å². The van der Waals surface area contributed by atoms with E-state index in [1.807, 2.05) is 19.1 Å². The molecule has 2 rings (SSSR count). The van der Waals surface area contributed by atoms with Gasteiger partial charge in [0.25, 0.3) is 0 Å². The van der Waals surface area contributed by atoms with Crippen LogP contribution in [0.15, 0.2) is 58.3 Å². The number of hydrogen-bond donors (Lipinski definition) is 1. The normalized spacial score (nSPS) is 13.5. The van der Waals surface area contributed by atoms with Gasteiger partial charge in [-0.1, -0.05) is 17.7 Å². The maximum Gasteiger partial charge on any atom is 0.337 e. The number of carbonyl (C=O) groups excluding carboxylic acids is 1. The second-order valence-electron chi connectivity index (χ2n) is 4.39. The van der Waals surface area contributed by atoms with Gasteiger partial charge in [0, 0.05) is 0 Å². The molecule has 0 aliphatic carbocycles. The van der Waals surface area contributed by atoms with Crippen LogP contribution in [0.2, 0.25) is 0 Å². The van der Waals surface area contributed by atoms with Crippen LogP contribution in [0.3, 0.4) is 0 Å². The van der Waals surface area contributed by atoms with Crippen LogP contribution in [0.5, 0.6) is 0 Å². The van der Waals surface area contributed by atoms with Crippen LogP contribution in [0.4, 0.5) is 0 Å². The topological polar surface area (TPSA) is 67.2 Å². The fourth-order valence-electron chi connectivity index (χ4n) is 1.77. The van der Waals surface area contributed by atoms with E-state index in [9.17, 15) is 9.00 Å². The minimum absolute atomic E-state index is 0.369. The van der Waals surface area contributed by atoms with E-state index in [0.717, 1.165) is 5.56 Å². The highest BCUT2D eigenvalue weighted by Gasteiger charge is 2.14. The van der Waals surface area contributed by atoms with E-state index in [4.69, 9.17) is 4.78 Å². The molecule has 0 saturated carbocycles. The first-order valence-corrected chi connectivity index (χ1v) is 7.55. The Kier molecular flexibility index (Phi) is 3.90. The smallest absolute Gasteiger partial charge is 0.337 e. The Labute approximate surface area is 118 Å². The lowest BCUT2D eigenvalue weighted by atomic mass is 10.2. The minimum atomic E-state index is -3.06. The number of methoxy groups -OCH3 is 1. The Morgan fingerprint density at radius 3 is 1.90 bits per heavy atom. The zero-order valence-corrected chi connectivity index (χ0v) is 12.1. The van der Waals surface area contributed by atoms with Gasteiger partial charge in [-0.25, -0.2) is 13.8 Å². The van der Waals surface area contributed by atoms with E-state index in [2.05, 4.69) is 4.74 Å². The molecule has 0 radical (unpaired) electrons. The highest BCUT2D eigenvalue weighted by molar-refractivity contribution is 7.92. The number of carbonyl (C=O) groups is 1. The van der Waals surface area contributed by atoms with Crippen LogP contribution < -0.4 is 0 Å². The zero-order valence-electron chi connectivity index (χ0n) is 11.3. The average molecular weight is 289 g/mol. The van der Waals surface area contributed by atoms with Crippen molar-refractivity contribution in [3.63, 3.8) is 0 Å². The van der Waals surface area contributed by atoms with Crippen LogP contribution in [-0.4, -0.2) is 17.3 Å². The molecule has 0 aliphatic heterocycles. The molecule has 1 N–H and O–H groups in total. The van der Waals surface area contributed by atoms with Gasteiger partial charge in [-0.3, -0.25) is 0 Å². The number of nitrogens with one attached hydrogen (secondary N) is 1. The Bertz CT molecular complexity index is 717.